The number of aromatic hydroxyl groups is 1. The van der Waals surface area contributed by atoms with Gasteiger partial charge < -0.3 is 15.5 Å². The van der Waals surface area contributed by atoms with Crippen molar-refractivity contribution in [2.45, 2.75) is 19.4 Å². The van der Waals surface area contributed by atoms with Gasteiger partial charge in [0.1, 0.15) is 0 Å². The minimum Gasteiger partial charge on any atom is -0.502 e. The molecule has 1 aromatic carbocycles. The van der Waals surface area contributed by atoms with Crippen LogP contribution in [0.15, 0.2) is 18.2 Å². The highest BCUT2D eigenvalue weighted by Gasteiger charge is 2.14. The number of aliphatic hydroxyl groups is 1. The highest BCUT2D eigenvalue weighted by Crippen LogP contribution is 2.28. The van der Waals surface area contributed by atoms with Gasteiger partial charge in [-0.1, -0.05) is 6.92 Å². The molecule has 0 aliphatic heterocycles. The fraction of sp³-hybridized carbons (Fsp3) is 0.400. The van der Waals surface area contributed by atoms with Crippen LogP contribution in [0.1, 0.15) is 13.3 Å². The summed E-state index contributed by atoms with van der Waals surface area (Å²) in [5.41, 5.74) is 0.156. The number of anilines is 1. The van der Waals surface area contributed by atoms with E-state index in [0.717, 1.165) is 0 Å². The number of phenols is 1. The third kappa shape index (κ3) is 2.83. The minimum absolute atomic E-state index is 0.0504. The number of benzene rings is 1. The standard InChI is InChI=1S/C10H14N2O4/c1-2-7(6-13)11-8-3-4-10(14)9(5-8)12(15)16/h3-5,7,11,13-14H,2,6H2,1H3. The van der Waals surface area contributed by atoms with Crippen LogP contribution >= 0.6 is 0 Å². The molecule has 0 bridgehead atoms. The van der Waals surface area contributed by atoms with Crippen molar-refractivity contribution in [3.63, 3.8) is 0 Å². The Balaban J connectivity index is 2.90. The van der Waals surface area contributed by atoms with Crippen molar-refractivity contribution in [3.8, 4) is 5.75 Å². The molecule has 0 fully saturated rings. The first kappa shape index (κ1) is 12.3. The molecule has 0 spiro atoms. The van der Waals surface area contributed by atoms with Crippen LogP contribution in [0.3, 0.4) is 0 Å². The molecule has 88 valence electrons. The molecule has 0 aromatic heterocycles. The van der Waals surface area contributed by atoms with Gasteiger partial charge in [0.2, 0.25) is 0 Å². The van der Waals surface area contributed by atoms with E-state index in [1.165, 1.54) is 18.2 Å². The third-order valence-corrected chi connectivity index (χ3v) is 2.26. The second-order valence-corrected chi connectivity index (χ2v) is 3.39. The second kappa shape index (κ2) is 5.32. The van der Waals surface area contributed by atoms with E-state index in [9.17, 15) is 15.2 Å². The number of nitro benzene ring substituents is 1. The monoisotopic (exact) mass is 226 g/mol. The molecule has 0 saturated carbocycles. The Morgan fingerprint density at radius 1 is 1.56 bits per heavy atom. The van der Waals surface area contributed by atoms with E-state index in [1.54, 1.807) is 0 Å². The molecule has 6 nitrogen and oxygen atoms in total. The molecule has 0 radical (unpaired) electrons. The average molecular weight is 226 g/mol. The lowest BCUT2D eigenvalue weighted by Gasteiger charge is -2.15. The van der Waals surface area contributed by atoms with Gasteiger partial charge in [0.15, 0.2) is 5.75 Å². The third-order valence-electron chi connectivity index (χ3n) is 2.26. The van der Waals surface area contributed by atoms with Crippen molar-refractivity contribution >= 4 is 11.4 Å². The Labute approximate surface area is 92.7 Å². The Morgan fingerprint density at radius 2 is 2.25 bits per heavy atom. The van der Waals surface area contributed by atoms with Crippen molar-refractivity contribution in [2.75, 3.05) is 11.9 Å². The van der Waals surface area contributed by atoms with Crippen molar-refractivity contribution in [2.24, 2.45) is 0 Å². The summed E-state index contributed by atoms with van der Waals surface area (Å²) in [6.07, 6.45) is 0.700. The van der Waals surface area contributed by atoms with E-state index >= 15 is 0 Å². The van der Waals surface area contributed by atoms with Crippen molar-refractivity contribution in [3.05, 3.63) is 28.3 Å². The summed E-state index contributed by atoms with van der Waals surface area (Å²) in [5.74, 6) is -0.368. The summed E-state index contributed by atoms with van der Waals surface area (Å²) in [5, 5.41) is 31.7. The van der Waals surface area contributed by atoms with Gasteiger partial charge in [-0.2, -0.15) is 0 Å². The molecule has 0 amide bonds. The smallest absolute Gasteiger partial charge is 0.312 e. The number of aliphatic hydroxyl groups excluding tert-OH is 1. The highest BCUT2D eigenvalue weighted by molar-refractivity contribution is 5.58. The Kier molecular flexibility index (Phi) is 4.07. The zero-order valence-electron chi connectivity index (χ0n) is 8.88. The predicted octanol–water partition coefficient (Wildman–Crippen LogP) is 1.48. The molecule has 1 unspecified atom stereocenters. The molecule has 0 saturated heterocycles. The Bertz CT molecular complexity index is 377. The van der Waals surface area contributed by atoms with Crippen molar-refractivity contribution < 1.29 is 15.1 Å². The molecule has 0 heterocycles. The summed E-state index contributed by atoms with van der Waals surface area (Å²) >= 11 is 0. The van der Waals surface area contributed by atoms with E-state index in [2.05, 4.69) is 5.32 Å². The van der Waals surface area contributed by atoms with Crippen molar-refractivity contribution in [1.29, 1.82) is 0 Å². The minimum atomic E-state index is -0.652. The van der Waals surface area contributed by atoms with Gasteiger partial charge in [0.05, 0.1) is 11.5 Å². The summed E-state index contributed by atoms with van der Waals surface area (Å²) < 4.78 is 0. The number of hydrogen-bond donors (Lipinski definition) is 3. The average Bonchev–Trinajstić information content (AvgIpc) is 2.27. The molecule has 0 aliphatic rings. The van der Waals surface area contributed by atoms with Crippen LogP contribution in [-0.4, -0.2) is 27.8 Å². The highest BCUT2D eigenvalue weighted by atomic mass is 16.6. The first-order chi connectivity index (χ1) is 7.58. The van der Waals surface area contributed by atoms with Gasteiger partial charge in [-0.25, -0.2) is 0 Å². The fourth-order valence-corrected chi connectivity index (χ4v) is 1.27. The maximum absolute atomic E-state index is 10.6. The molecule has 1 aromatic rings. The summed E-state index contributed by atoms with van der Waals surface area (Å²) in [7, 11) is 0. The van der Waals surface area contributed by atoms with Crippen LogP contribution in [0.4, 0.5) is 11.4 Å². The van der Waals surface area contributed by atoms with Gasteiger partial charge in [-0.15, -0.1) is 0 Å². The Morgan fingerprint density at radius 3 is 2.75 bits per heavy atom. The lowest BCUT2D eigenvalue weighted by molar-refractivity contribution is -0.385. The first-order valence-corrected chi connectivity index (χ1v) is 4.93. The van der Waals surface area contributed by atoms with Crippen LogP contribution in [0.25, 0.3) is 0 Å². The summed E-state index contributed by atoms with van der Waals surface area (Å²) in [6.45, 7) is 1.84. The van der Waals surface area contributed by atoms with E-state index in [-0.39, 0.29) is 24.1 Å². The Hall–Kier alpha value is -1.82. The van der Waals surface area contributed by atoms with Gasteiger partial charge in [0.25, 0.3) is 0 Å². The summed E-state index contributed by atoms with van der Waals surface area (Å²) in [6, 6.07) is 3.88. The number of hydrogen-bond acceptors (Lipinski definition) is 5. The van der Waals surface area contributed by atoms with Crippen molar-refractivity contribution in [1.82, 2.24) is 0 Å². The molecular weight excluding hydrogens is 212 g/mol. The lowest BCUT2D eigenvalue weighted by atomic mass is 10.2. The SMILES string of the molecule is CCC(CO)Nc1ccc(O)c([N+](=O)[O-])c1. The molecule has 1 rings (SSSR count). The maximum Gasteiger partial charge on any atom is 0.312 e. The molecule has 1 atom stereocenters. The number of rotatable bonds is 5. The molecule has 3 N–H and O–H groups in total. The quantitative estimate of drug-likeness (QED) is 0.401. The number of phenolic OH excluding ortho intramolecular Hbond substituents is 1. The maximum atomic E-state index is 10.6. The van der Waals surface area contributed by atoms with Crippen LogP contribution in [0.5, 0.6) is 5.75 Å². The van der Waals surface area contributed by atoms with E-state index in [1.807, 2.05) is 6.92 Å². The van der Waals surface area contributed by atoms with Crippen LogP contribution in [0.2, 0.25) is 0 Å². The fourth-order valence-electron chi connectivity index (χ4n) is 1.27. The largest absolute Gasteiger partial charge is 0.502 e. The predicted molar refractivity (Wildman–Crippen MR) is 59.5 cm³/mol. The number of nitrogens with zero attached hydrogens (tertiary/aromatic N) is 1. The second-order valence-electron chi connectivity index (χ2n) is 3.39. The van der Waals surface area contributed by atoms with Gasteiger partial charge >= 0.3 is 5.69 Å². The zero-order valence-corrected chi connectivity index (χ0v) is 8.88. The number of nitrogens with one attached hydrogen (secondary N) is 1. The zero-order chi connectivity index (χ0) is 12.1. The molecule has 6 heteroatoms. The topological polar surface area (TPSA) is 95.6 Å². The lowest BCUT2D eigenvalue weighted by Crippen LogP contribution is -2.22. The number of nitro groups is 1. The van der Waals surface area contributed by atoms with Gasteiger partial charge in [-0.3, -0.25) is 10.1 Å². The van der Waals surface area contributed by atoms with Crippen LogP contribution in [-0.2, 0) is 0 Å². The molecular formula is C10H14N2O4. The normalized spacial score (nSPS) is 12.1. The summed E-state index contributed by atoms with van der Waals surface area (Å²) in [4.78, 5) is 9.91. The molecule has 0 aliphatic carbocycles. The van der Waals surface area contributed by atoms with Crippen LogP contribution in [0, 0.1) is 10.1 Å². The van der Waals surface area contributed by atoms with Gasteiger partial charge in [-0.05, 0) is 18.6 Å². The van der Waals surface area contributed by atoms with Crippen LogP contribution < -0.4 is 5.32 Å². The van der Waals surface area contributed by atoms with E-state index in [4.69, 9.17) is 5.11 Å². The van der Waals surface area contributed by atoms with E-state index < -0.39 is 4.92 Å². The van der Waals surface area contributed by atoms with E-state index in [0.29, 0.717) is 12.1 Å². The first-order valence-electron chi connectivity index (χ1n) is 4.93. The molecule has 16 heavy (non-hydrogen) atoms. The van der Waals surface area contributed by atoms with Gasteiger partial charge in [0, 0.05) is 17.8 Å².